The minimum absolute atomic E-state index is 0.148. The van der Waals surface area contributed by atoms with Gasteiger partial charge in [0.05, 0.1) is 16.4 Å². The maximum atomic E-state index is 11.7. The van der Waals surface area contributed by atoms with Gasteiger partial charge >= 0.3 is 0 Å². The molecule has 0 unspecified atom stereocenters. The second kappa shape index (κ2) is 7.03. The summed E-state index contributed by atoms with van der Waals surface area (Å²) in [6, 6.07) is 15.2. The van der Waals surface area contributed by atoms with E-state index in [9.17, 15) is 4.79 Å². The Balaban J connectivity index is 1.52. The van der Waals surface area contributed by atoms with Gasteiger partial charge in [-0.25, -0.2) is 4.98 Å². The van der Waals surface area contributed by atoms with Crippen LogP contribution >= 0.6 is 0 Å². The number of anilines is 4. The number of H-pyrrole nitrogens is 3. The summed E-state index contributed by atoms with van der Waals surface area (Å²) in [6.07, 6.45) is 0. The summed E-state index contributed by atoms with van der Waals surface area (Å²) >= 11 is 0. The predicted molar refractivity (Wildman–Crippen MR) is 118 cm³/mol. The number of fused-ring (bicyclic) bond motifs is 2. The molecule has 5 rings (SSSR count). The molecular weight excluding hydrogens is 380 g/mol. The number of aromatic amines is 3. The number of para-hydroxylation sites is 1. The van der Waals surface area contributed by atoms with Gasteiger partial charge < -0.3 is 10.6 Å². The SMILES string of the molecule is CC(C)c1cc(Nc2nc(Nc3ccc4c(=O)[nH][nH]c4c3)nc3ccccc23)n[nH]1. The molecule has 0 aliphatic carbocycles. The highest BCUT2D eigenvalue weighted by Crippen LogP contribution is 2.27. The van der Waals surface area contributed by atoms with Gasteiger partial charge in [0.2, 0.25) is 5.95 Å². The molecule has 0 aliphatic heterocycles. The van der Waals surface area contributed by atoms with Gasteiger partial charge in [-0.1, -0.05) is 26.0 Å². The number of rotatable bonds is 5. The topological polar surface area (TPSA) is 127 Å². The fraction of sp³-hybridized carbons (Fsp3) is 0.143. The van der Waals surface area contributed by atoms with Gasteiger partial charge in [0.25, 0.3) is 5.56 Å². The number of hydrogen-bond donors (Lipinski definition) is 5. The molecule has 5 N–H and O–H groups in total. The molecule has 2 aromatic carbocycles. The van der Waals surface area contributed by atoms with Gasteiger partial charge in [0.15, 0.2) is 5.82 Å². The largest absolute Gasteiger partial charge is 0.324 e. The Morgan fingerprint density at radius 1 is 0.933 bits per heavy atom. The zero-order valence-electron chi connectivity index (χ0n) is 16.4. The van der Waals surface area contributed by atoms with Crippen LogP contribution in [0.1, 0.15) is 25.5 Å². The Labute approximate surface area is 170 Å². The smallest absolute Gasteiger partial charge is 0.271 e. The van der Waals surface area contributed by atoms with Crippen LogP contribution < -0.4 is 16.2 Å². The highest BCUT2D eigenvalue weighted by molar-refractivity contribution is 5.92. The summed E-state index contributed by atoms with van der Waals surface area (Å²) < 4.78 is 0. The molecule has 0 saturated heterocycles. The molecule has 0 spiro atoms. The lowest BCUT2D eigenvalue weighted by atomic mass is 10.1. The van der Waals surface area contributed by atoms with Crippen molar-refractivity contribution in [3.63, 3.8) is 0 Å². The summed E-state index contributed by atoms with van der Waals surface area (Å²) in [6.45, 7) is 4.21. The van der Waals surface area contributed by atoms with Crippen LogP contribution in [0.2, 0.25) is 0 Å². The first-order valence-electron chi connectivity index (χ1n) is 9.63. The van der Waals surface area contributed by atoms with Crippen LogP contribution in [0.3, 0.4) is 0 Å². The van der Waals surface area contributed by atoms with E-state index in [1.54, 1.807) is 6.07 Å². The quantitative estimate of drug-likeness (QED) is 0.302. The first kappa shape index (κ1) is 17.9. The van der Waals surface area contributed by atoms with E-state index in [1.165, 1.54) is 0 Å². The van der Waals surface area contributed by atoms with Crippen molar-refractivity contribution < 1.29 is 0 Å². The van der Waals surface area contributed by atoms with E-state index in [-0.39, 0.29) is 5.56 Å². The third-order valence-electron chi connectivity index (χ3n) is 4.90. The monoisotopic (exact) mass is 400 g/mol. The fourth-order valence-corrected chi connectivity index (χ4v) is 3.29. The highest BCUT2D eigenvalue weighted by atomic mass is 16.1. The van der Waals surface area contributed by atoms with E-state index < -0.39 is 0 Å². The van der Waals surface area contributed by atoms with Gasteiger partial charge in [-0.15, -0.1) is 0 Å². The van der Waals surface area contributed by atoms with Crippen molar-refractivity contribution >= 4 is 45.1 Å². The zero-order valence-corrected chi connectivity index (χ0v) is 16.4. The van der Waals surface area contributed by atoms with Crippen molar-refractivity contribution in [1.82, 2.24) is 30.4 Å². The molecule has 0 radical (unpaired) electrons. The van der Waals surface area contributed by atoms with E-state index in [0.29, 0.717) is 34.4 Å². The van der Waals surface area contributed by atoms with Gasteiger partial charge in [-0.05, 0) is 36.2 Å². The van der Waals surface area contributed by atoms with Crippen molar-refractivity contribution in [2.24, 2.45) is 0 Å². The van der Waals surface area contributed by atoms with Crippen LogP contribution in [0.15, 0.2) is 53.3 Å². The molecule has 0 fully saturated rings. The van der Waals surface area contributed by atoms with Crippen LogP contribution in [-0.2, 0) is 0 Å². The van der Waals surface area contributed by atoms with Crippen LogP contribution in [0.25, 0.3) is 21.8 Å². The molecule has 0 amide bonds. The van der Waals surface area contributed by atoms with E-state index in [1.807, 2.05) is 42.5 Å². The third-order valence-corrected chi connectivity index (χ3v) is 4.90. The fourth-order valence-electron chi connectivity index (χ4n) is 3.29. The number of hydrogen-bond acceptors (Lipinski definition) is 6. The summed E-state index contributed by atoms with van der Waals surface area (Å²) in [7, 11) is 0. The van der Waals surface area contributed by atoms with Crippen LogP contribution in [0.5, 0.6) is 0 Å². The summed E-state index contributed by atoms with van der Waals surface area (Å²) in [5, 5.41) is 20.8. The molecule has 150 valence electrons. The van der Waals surface area contributed by atoms with E-state index in [0.717, 1.165) is 22.3 Å². The van der Waals surface area contributed by atoms with Gasteiger partial charge in [0, 0.05) is 22.8 Å². The van der Waals surface area contributed by atoms with E-state index in [2.05, 4.69) is 54.8 Å². The lowest BCUT2D eigenvalue weighted by molar-refractivity contribution is 0.811. The first-order chi connectivity index (χ1) is 14.6. The summed E-state index contributed by atoms with van der Waals surface area (Å²) in [5.41, 5.74) is 3.17. The number of nitrogens with zero attached hydrogens (tertiary/aromatic N) is 3. The molecule has 30 heavy (non-hydrogen) atoms. The maximum Gasteiger partial charge on any atom is 0.271 e. The molecule has 3 heterocycles. The van der Waals surface area contributed by atoms with Crippen molar-refractivity contribution in [3.8, 4) is 0 Å². The van der Waals surface area contributed by atoms with Crippen LogP contribution in [0.4, 0.5) is 23.3 Å². The molecule has 0 saturated carbocycles. The van der Waals surface area contributed by atoms with E-state index >= 15 is 0 Å². The second-order valence-corrected chi connectivity index (χ2v) is 7.37. The Morgan fingerprint density at radius 2 is 1.80 bits per heavy atom. The number of nitrogens with one attached hydrogen (secondary N) is 5. The second-order valence-electron chi connectivity index (χ2n) is 7.37. The molecular formula is C21H20N8O. The Bertz CT molecular complexity index is 1410. The van der Waals surface area contributed by atoms with Gasteiger partial charge in [-0.2, -0.15) is 10.1 Å². The number of aromatic nitrogens is 6. The first-order valence-corrected chi connectivity index (χ1v) is 9.63. The summed E-state index contributed by atoms with van der Waals surface area (Å²) in [5.74, 6) is 2.14. The van der Waals surface area contributed by atoms with E-state index in [4.69, 9.17) is 0 Å². The Hall–Kier alpha value is -4.14. The standard InChI is InChI=1S/C21H20N8O/c1-11(2)16-10-18(28-26-16)24-19-13-5-3-4-6-15(13)23-21(25-19)22-12-7-8-14-17(9-12)27-29-20(14)30/h3-11H,1-2H3,(H2,27,29,30)(H3,22,23,24,25,26,28). The molecule has 5 aromatic rings. The molecule has 0 atom stereocenters. The molecule has 9 heteroatoms. The zero-order chi connectivity index (χ0) is 20.7. The molecule has 0 bridgehead atoms. The van der Waals surface area contributed by atoms with Crippen molar-refractivity contribution in [2.45, 2.75) is 19.8 Å². The summed E-state index contributed by atoms with van der Waals surface area (Å²) in [4.78, 5) is 21.0. The minimum atomic E-state index is -0.148. The van der Waals surface area contributed by atoms with Gasteiger partial charge in [-0.3, -0.25) is 20.1 Å². The lowest BCUT2D eigenvalue weighted by Gasteiger charge is -2.10. The lowest BCUT2D eigenvalue weighted by Crippen LogP contribution is -2.02. The number of benzene rings is 2. The van der Waals surface area contributed by atoms with Crippen molar-refractivity contribution in [1.29, 1.82) is 0 Å². The Kier molecular flexibility index (Phi) is 4.20. The predicted octanol–water partition coefficient (Wildman–Crippen LogP) is 4.13. The molecule has 3 aromatic heterocycles. The minimum Gasteiger partial charge on any atom is -0.324 e. The average Bonchev–Trinajstić information content (AvgIpc) is 3.35. The average molecular weight is 400 g/mol. The van der Waals surface area contributed by atoms with Crippen molar-refractivity contribution in [2.75, 3.05) is 10.6 Å². The van der Waals surface area contributed by atoms with Gasteiger partial charge in [0.1, 0.15) is 5.82 Å². The van der Waals surface area contributed by atoms with Crippen LogP contribution in [0, 0.1) is 0 Å². The Morgan fingerprint density at radius 3 is 2.63 bits per heavy atom. The third kappa shape index (κ3) is 3.26. The maximum absolute atomic E-state index is 11.7. The normalized spacial score (nSPS) is 11.4. The van der Waals surface area contributed by atoms with Crippen molar-refractivity contribution in [3.05, 3.63) is 64.6 Å². The molecule has 9 nitrogen and oxygen atoms in total. The van der Waals surface area contributed by atoms with Crippen LogP contribution in [-0.4, -0.2) is 30.4 Å². The molecule has 0 aliphatic rings. The highest BCUT2D eigenvalue weighted by Gasteiger charge is 2.11.